The number of carbonyl (C=O) groups excluding carboxylic acids is 1. The fourth-order valence-electron chi connectivity index (χ4n) is 2.11. The molecule has 2 heterocycles. The predicted octanol–water partition coefficient (Wildman–Crippen LogP) is 1.22. The quantitative estimate of drug-likeness (QED) is 0.656. The number of nitrogens with zero attached hydrogens (tertiary/aromatic N) is 1. The summed E-state index contributed by atoms with van der Waals surface area (Å²) in [5.41, 5.74) is -0.388. The first-order valence-corrected chi connectivity index (χ1v) is 5.67. The van der Waals surface area contributed by atoms with Gasteiger partial charge in [-0.1, -0.05) is 0 Å². The summed E-state index contributed by atoms with van der Waals surface area (Å²) in [7, 11) is 0. The van der Waals surface area contributed by atoms with Crippen LogP contribution in [0.2, 0.25) is 0 Å². The van der Waals surface area contributed by atoms with E-state index in [1.54, 1.807) is 0 Å². The maximum absolute atomic E-state index is 11.8. The molecule has 2 aliphatic heterocycles. The molecular formula is C11H20N2O2. The van der Waals surface area contributed by atoms with E-state index >= 15 is 0 Å². The molecule has 0 aliphatic carbocycles. The van der Waals surface area contributed by atoms with Crippen LogP contribution in [-0.2, 0) is 4.74 Å². The summed E-state index contributed by atoms with van der Waals surface area (Å²) in [6, 6.07) is 0.506. The standard InChI is InChI=1S/C11H20N2O2/c1-11(2,3)15-10(14)13-5-4-8-6-12-9(8)7-13/h8-9,12H,4-7H2,1-3H3/t8-,9+/m1/s1. The summed E-state index contributed by atoms with van der Waals surface area (Å²) >= 11 is 0. The average Bonchev–Trinajstić information content (AvgIpc) is 2.04. The third-order valence-electron chi connectivity index (χ3n) is 3.05. The van der Waals surface area contributed by atoms with Crippen molar-refractivity contribution < 1.29 is 9.53 Å². The zero-order valence-corrected chi connectivity index (χ0v) is 9.75. The van der Waals surface area contributed by atoms with Gasteiger partial charge in [0.05, 0.1) is 0 Å². The predicted molar refractivity (Wildman–Crippen MR) is 57.7 cm³/mol. The Morgan fingerprint density at radius 3 is 2.67 bits per heavy atom. The van der Waals surface area contributed by atoms with E-state index in [0.717, 1.165) is 32.0 Å². The summed E-state index contributed by atoms with van der Waals surface area (Å²) in [4.78, 5) is 13.6. The van der Waals surface area contributed by atoms with Gasteiger partial charge in [-0.15, -0.1) is 0 Å². The maximum Gasteiger partial charge on any atom is 0.410 e. The summed E-state index contributed by atoms with van der Waals surface area (Å²) in [6.07, 6.45) is 0.936. The van der Waals surface area contributed by atoms with Crippen LogP contribution in [0.1, 0.15) is 27.2 Å². The number of hydrogen-bond acceptors (Lipinski definition) is 3. The molecule has 2 aliphatic rings. The van der Waals surface area contributed by atoms with Crippen molar-refractivity contribution in [2.75, 3.05) is 19.6 Å². The monoisotopic (exact) mass is 212 g/mol. The SMILES string of the molecule is CC(C)(C)OC(=O)N1CC[C@@H]2CN[C@H]2C1. The smallest absolute Gasteiger partial charge is 0.410 e. The van der Waals surface area contributed by atoms with E-state index < -0.39 is 0 Å². The van der Waals surface area contributed by atoms with Crippen LogP contribution in [0.3, 0.4) is 0 Å². The zero-order chi connectivity index (χ0) is 11.1. The lowest BCUT2D eigenvalue weighted by Crippen LogP contribution is -2.63. The second kappa shape index (κ2) is 3.67. The minimum Gasteiger partial charge on any atom is -0.444 e. The summed E-state index contributed by atoms with van der Waals surface area (Å²) in [5.74, 6) is 0.781. The van der Waals surface area contributed by atoms with Gasteiger partial charge in [-0.25, -0.2) is 4.79 Å². The lowest BCUT2D eigenvalue weighted by atomic mass is 9.85. The number of nitrogens with one attached hydrogen (secondary N) is 1. The van der Waals surface area contributed by atoms with Crippen molar-refractivity contribution in [2.45, 2.75) is 38.8 Å². The van der Waals surface area contributed by atoms with Crippen LogP contribution in [0.25, 0.3) is 0 Å². The van der Waals surface area contributed by atoms with Crippen LogP contribution in [0.4, 0.5) is 4.79 Å². The van der Waals surface area contributed by atoms with Gasteiger partial charge in [0.15, 0.2) is 0 Å². The number of fused-ring (bicyclic) bond motifs is 1. The van der Waals surface area contributed by atoms with Crippen molar-refractivity contribution in [1.29, 1.82) is 0 Å². The number of carbonyl (C=O) groups is 1. The molecule has 4 heteroatoms. The van der Waals surface area contributed by atoms with E-state index in [1.807, 2.05) is 25.7 Å². The van der Waals surface area contributed by atoms with Gasteiger partial charge >= 0.3 is 6.09 Å². The van der Waals surface area contributed by atoms with Crippen molar-refractivity contribution >= 4 is 6.09 Å². The minimum atomic E-state index is -0.388. The molecule has 2 rings (SSSR count). The van der Waals surface area contributed by atoms with Crippen LogP contribution >= 0.6 is 0 Å². The molecule has 2 saturated heterocycles. The normalized spacial score (nSPS) is 30.5. The van der Waals surface area contributed by atoms with E-state index in [4.69, 9.17) is 4.74 Å². The van der Waals surface area contributed by atoms with E-state index in [-0.39, 0.29) is 11.7 Å². The molecule has 15 heavy (non-hydrogen) atoms. The Kier molecular flexibility index (Phi) is 2.63. The molecule has 1 N–H and O–H groups in total. The van der Waals surface area contributed by atoms with Crippen molar-refractivity contribution in [3.05, 3.63) is 0 Å². The molecule has 1 amide bonds. The van der Waals surface area contributed by atoms with Gasteiger partial charge in [-0.05, 0) is 39.7 Å². The first-order chi connectivity index (χ1) is 6.96. The molecule has 2 fully saturated rings. The zero-order valence-electron chi connectivity index (χ0n) is 9.75. The first kappa shape index (κ1) is 10.7. The number of likely N-dealkylation sites (tertiary alicyclic amines) is 1. The third-order valence-corrected chi connectivity index (χ3v) is 3.05. The molecule has 2 atom stereocenters. The fourth-order valence-corrected chi connectivity index (χ4v) is 2.11. The van der Waals surface area contributed by atoms with E-state index in [1.165, 1.54) is 0 Å². The summed E-state index contributed by atoms with van der Waals surface area (Å²) < 4.78 is 5.34. The van der Waals surface area contributed by atoms with Crippen LogP contribution in [0.15, 0.2) is 0 Å². The van der Waals surface area contributed by atoms with Gasteiger partial charge in [-0.3, -0.25) is 0 Å². The molecule has 0 aromatic rings. The van der Waals surface area contributed by atoms with Crippen molar-refractivity contribution in [1.82, 2.24) is 10.2 Å². The Morgan fingerprint density at radius 2 is 2.20 bits per heavy atom. The summed E-state index contributed by atoms with van der Waals surface area (Å²) in [6.45, 7) is 8.47. The van der Waals surface area contributed by atoms with Gasteiger partial charge in [0, 0.05) is 19.1 Å². The third kappa shape index (κ3) is 2.43. The Bertz CT molecular complexity index is 260. The Hall–Kier alpha value is -0.770. The molecule has 86 valence electrons. The van der Waals surface area contributed by atoms with Crippen LogP contribution in [0.5, 0.6) is 0 Å². The minimum absolute atomic E-state index is 0.172. The van der Waals surface area contributed by atoms with Crippen molar-refractivity contribution in [2.24, 2.45) is 5.92 Å². The second-order valence-electron chi connectivity index (χ2n) is 5.49. The molecule has 0 unspecified atom stereocenters. The lowest BCUT2D eigenvalue weighted by molar-refractivity contribution is 0.00580. The van der Waals surface area contributed by atoms with Crippen molar-refractivity contribution in [3.8, 4) is 0 Å². The molecule has 0 saturated carbocycles. The van der Waals surface area contributed by atoms with Gasteiger partial charge in [0.1, 0.15) is 5.60 Å². The van der Waals surface area contributed by atoms with Gasteiger partial charge in [0.25, 0.3) is 0 Å². The van der Waals surface area contributed by atoms with Gasteiger partial charge in [0.2, 0.25) is 0 Å². The van der Waals surface area contributed by atoms with E-state index in [2.05, 4.69) is 5.32 Å². The van der Waals surface area contributed by atoms with Gasteiger partial charge < -0.3 is 15.0 Å². The van der Waals surface area contributed by atoms with Crippen LogP contribution in [-0.4, -0.2) is 42.3 Å². The number of ether oxygens (including phenoxy) is 1. The molecule has 4 nitrogen and oxygen atoms in total. The fraction of sp³-hybridized carbons (Fsp3) is 0.909. The number of rotatable bonds is 0. The average molecular weight is 212 g/mol. The second-order valence-corrected chi connectivity index (χ2v) is 5.49. The number of amides is 1. The maximum atomic E-state index is 11.8. The van der Waals surface area contributed by atoms with Crippen molar-refractivity contribution in [3.63, 3.8) is 0 Å². The molecule has 0 radical (unpaired) electrons. The highest BCUT2D eigenvalue weighted by molar-refractivity contribution is 5.68. The summed E-state index contributed by atoms with van der Waals surface area (Å²) in [5, 5.41) is 3.35. The number of piperidine rings is 1. The van der Waals surface area contributed by atoms with Gasteiger partial charge in [-0.2, -0.15) is 0 Å². The first-order valence-electron chi connectivity index (χ1n) is 5.67. The molecular weight excluding hydrogens is 192 g/mol. The largest absolute Gasteiger partial charge is 0.444 e. The molecule has 0 spiro atoms. The highest BCUT2D eigenvalue weighted by atomic mass is 16.6. The Balaban J connectivity index is 1.86. The highest BCUT2D eigenvalue weighted by Gasteiger charge is 2.38. The Morgan fingerprint density at radius 1 is 1.47 bits per heavy atom. The van der Waals surface area contributed by atoms with E-state index in [9.17, 15) is 4.79 Å². The Labute approximate surface area is 91.0 Å². The molecule has 0 bridgehead atoms. The molecule has 0 aromatic heterocycles. The highest BCUT2D eigenvalue weighted by Crippen LogP contribution is 2.24. The van der Waals surface area contributed by atoms with E-state index in [0.29, 0.717) is 6.04 Å². The molecule has 0 aromatic carbocycles. The topological polar surface area (TPSA) is 41.6 Å². The van der Waals surface area contributed by atoms with Crippen LogP contribution in [0, 0.1) is 5.92 Å². The van der Waals surface area contributed by atoms with Crippen LogP contribution < -0.4 is 5.32 Å². The number of hydrogen-bond donors (Lipinski definition) is 1. The lowest BCUT2D eigenvalue weighted by Gasteiger charge is -2.46.